The number of ether oxygens (including phenoxy) is 2. The molecule has 2 aromatic rings. The monoisotopic (exact) mass is 441 g/mol. The number of aryl methyl sites for hydroxylation is 1. The maximum atomic E-state index is 12.9. The van der Waals surface area contributed by atoms with E-state index in [-0.39, 0.29) is 18.6 Å². The number of carbonyl (C=O) groups is 1. The van der Waals surface area contributed by atoms with E-state index in [1.165, 1.54) is 0 Å². The number of hydrogen-bond acceptors (Lipinski definition) is 3. The molecule has 1 heterocycles. The Kier molecular flexibility index (Phi) is 7.47. The van der Waals surface area contributed by atoms with Gasteiger partial charge in [0.25, 0.3) is 5.91 Å². The Hall–Kier alpha value is -1.46. The molecule has 0 N–H and O–H groups in total. The van der Waals surface area contributed by atoms with Crippen molar-refractivity contribution in [1.29, 1.82) is 0 Å². The molecule has 0 bridgehead atoms. The lowest BCUT2D eigenvalue weighted by atomic mass is 10.1. The van der Waals surface area contributed by atoms with E-state index in [4.69, 9.17) is 44.3 Å². The maximum absolute atomic E-state index is 12.9. The van der Waals surface area contributed by atoms with Gasteiger partial charge in [0, 0.05) is 34.8 Å². The van der Waals surface area contributed by atoms with Crippen LogP contribution in [0.5, 0.6) is 5.75 Å². The molecule has 0 aromatic heterocycles. The van der Waals surface area contributed by atoms with Crippen LogP contribution in [0.4, 0.5) is 0 Å². The Morgan fingerprint density at radius 1 is 1.18 bits per heavy atom. The number of nitrogens with zero attached hydrogens (tertiary/aromatic N) is 1. The summed E-state index contributed by atoms with van der Waals surface area (Å²) in [7, 11) is 0. The summed E-state index contributed by atoms with van der Waals surface area (Å²) in [6, 6.07) is 10.6. The lowest BCUT2D eigenvalue weighted by Crippen LogP contribution is -2.39. The van der Waals surface area contributed by atoms with Gasteiger partial charge in [-0.1, -0.05) is 40.9 Å². The van der Waals surface area contributed by atoms with Crippen molar-refractivity contribution < 1.29 is 14.3 Å². The summed E-state index contributed by atoms with van der Waals surface area (Å²) < 4.78 is 11.5. The maximum Gasteiger partial charge on any atom is 0.260 e. The van der Waals surface area contributed by atoms with Crippen molar-refractivity contribution in [1.82, 2.24) is 4.90 Å². The number of benzene rings is 2. The van der Waals surface area contributed by atoms with Gasteiger partial charge in [-0.2, -0.15) is 0 Å². The second kappa shape index (κ2) is 9.84. The van der Waals surface area contributed by atoms with E-state index in [0.29, 0.717) is 33.9 Å². The third kappa shape index (κ3) is 5.77. The molecule has 4 nitrogen and oxygen atoms in total. The van der Waals surface area contributed by atoms with Crippen LogP contribution in [0.2, 0.25) is 15.1 Å². The number of amides is 1. The van der Waals surface area contributed by atoms with E-state index < -0.39 is 0 Å². The van der Waals surface area contributed by atoms with Gasteiger partial charge in [-0.05, 0) is 61.2 Å². The zero-order valence-electron chi connectivity index (χ0n) is 15.6. The van der Waals surface area contributed by atoms with Crippen LogP contribution in [-0.4, -0.2) is 36.7 Å². The summed E-state index contributed by atoms with van der Waals surface area (Å²) in [6.07, 6.45) is 1.98. The summed E-state index contributed by atoms with van der Waals surface area (Å²) in [5, 5.41) is 1.73. The molecule has 0 unspecified atom stereocenters. The molecule has 1 aliphatic rings. The SMILES string of the molecule is Cc1cc(Cl)ccc1OCC(=O)N(Cc1ccc(Cl)cc1Cl)C[C@H]1CCCO1. The minimum Gasteiger partial charge on any atom is -0.483 e. The molecule has 1 amide bonds. The second-order valence-electron chi connectivity index (χ2n) is 6.84. The lowest BCUT2D eigenvalue weighted by molar-refractivity contribution is -0.135. The van der Waals surface area contributed by atoms with Crippen molar-refractivity contribution in [3.8, 4) is 5.75 Å². The number of carbonyl (C=O) groups excluding carboxylic acids is 1. The van der Waals surface area contributed by atoms with Gasteiger partial charge >= 0.3 is 0 Å². The fourth-order valence-electron chi connectivity index (χ4n) is 3.15. The van der Waals surface area contributed by atoms with E-state index in [9.17, 15) is 4.79 Å². The second-order valence-corrected chi connectivity index (χ2v) is 8.12. The van der Waals surface area contributed by atoms with Gasteiger partial charge < -0.3 is 14.4 Å². The zero-order chi connectivity index (χ0) is 20.1. The van der Waals surface area contributed by atoms with E-state index in [2.05, 4.69) is 0 Å². The molecular weight excluding hydrogens is 421 g/mol. The summed E-state index contributed by atoms with van der Waals surface area (Å²) in [4.78, 5) is 14.6. The van der Waals surface area contributed by atoms with Crippen LogP contribution in [-0.2, 0) is 16.1 Å². The highest BCUT2D eigenvalue weighted by Crippen LogP contribution is 2.24. The Bertz CT molecular complexity index is 838. The molecule has 0 aliphatic carbocycles. The first-order chi connectivity index (χ1) is 13.4. The van der Waals surface area contributed by atoms with Crippen LogP contribution in [0.15, 0.2) is 36.4 Å². The molecular formula is C21H22Cl3NO3. The van der Waals surface area contributed by atoms with E-state index in [1.807, 2.05) is 13.0 Å². The first-order valence-corrected chi connectivity index (χ1v) is 10.3. The highest BCUT2D eigenvalue weighted by atomic mass is 35.5. The molecule has 2 aromatic carbocycles. The summed E-state index contributed by atoms with van der Waals surface area (Å²) >= 11 is 18.3. The predicted octanol–water partition coefficient (Wildman–Crippen LogP) is 5.54. The lowest BCUT2D eigenvalue weighted by Gasteiger charge is -2.26. The Labute approximate surface area is 180 Å². The van der Waals surface area contributed by atoms with Gasteiger partial charge in [0.15, 0.2) is 6.61 Å². The third-order valence-electron chi connectivity index (χ3n) is 4.67. The first kappa shape index (κ1) is 21.3. The van der Waals surface area contributed by atoms with Gasteiger partial charge in [0.1, 0.15) is 5.75 Å². The first-order valence-electron chi connectivity index (χ1n) is 9.14. The highest BCUT2D eigenvalue weighted by Gasteiger charge is 2.24. The van der Waals surface area contributed by atoms with Crippen molar-refractivity contribution in [2.24, 2.45) is 0 Å². The molecule has 0 spiro atoms. The highest BCUT2D eigenvalue weighted by molar-refractivity contribution is 6.35. The van der Waals surface area contributed by atoms with Crippen LogP contribution in [0.25, 0.3) is 0 Å². The summed E-state index contributed by atoms with van der Waals surface area (Å²) in [6.45, 7) is 3.43. The van der Waals surface area contributed by atoms with Crippen molar-refractivity contribution in [2.45, 2.75) is 32.4 Å². The number of halogens is 3. The standard InChI is InChI=1S/C21H22Cl3NO3/c1-14-9-16(22)6-7-20(14)28-13-21(26)25(12-18-3-2-8-27-18)11-15-4-5-17(23)10-19(15)24/h4-7,9-10,18H,2-3,8,11-13H2,1H3/t18-/m1/s1. The molecule has 1 fully saturated rings. The van der Waals surface area contributed by atoms with Gasteiger partial charge in [-0.25, -0.2) is 0 Å². The Balaban J connectivity index is 1.70. The smallest absolute Gasteiger partial charge is 0.260 e. The fourth-order valence-corrected chi connectivity index (χ4v) is 3.84. The van der Waals surface area contributed by atoms with Crippen LogP contribution < -0.4 is 4.74 Å². The molecule has 3 rings (SSSR count). The summed E-state index contributed by atoms with van der Waals surface area (Å²) in [5.41, 5.74) is 1.71. The quantitative estimate of drug-likeness (QED) is 0.565. The zero-order valence-corrected chi connectivity index (χ0v) is 17.9. The number of rotatable bonds is 7. The molecule has 1 saturated heterocycles. The molecule has 150 valence electrons. The molecule has 0 radical (unpaired) electrons. The van der Waals surface area contributed by atoms with E-state index in [0.717, 1.165) is 30.6 Å². The van der Waals surface area contributed by atoms with E-state index in [1.54, 1.807) is 35.2 Å². The third-order valence-corrected chi connectivity index (χ3v) is 5.49. The summed E-state index contributed by atoms with van der Waals surface area (Å²) in [5.74, 6) is 0.509. The normalized spacial score (nSPS) is 16.2. The largest absolute Gasteiger partial charge is 0.483 e. The van der Waals surface area contributed by atoms with Crippen molar-refractivity contribution in [3.05, 3.63) is 62.6 Å². The van der Waals surface area contributed by atoms with Gasteiger partial charge in [-0.3, -0.25) is 4.79 Å². The fraction of sp³-hybridized carbons (Fsp3) is 0.381. The average molecular weight is 443 g/mol. The van der Waals surface area contributed by atoms with E-state index >= 15 is 0 Å². The molecule has 28 heavy (non-hydrogen) atoms. The Morgan fingerprint density at radius 2 is 1.93 bits per heavy atom. The topological polar surface area (TPSA) is 38.8 Å². The van der Waals surface area contributed by atoms with Crippen LogP contribution >= 0.6 is 34.8 Å². The van der Waals surface area contributed by atoms with Gasteiger partial charge in [0.05, 0.1) is 6.10 Å². The Morgan fingerprint density at radius 3 is 2.61 bits per heavy atom. The van der Waals surface area contributed by atoms with Crippen molar-refractivity contribution >= 4 is 40.7 Å². The van der Waals surface area contributed by atoms with Gasteiger partial charge in [0.2, 0.25) is 0 Å². The molecule has 0 saturated carbocycles. The molecule has 1 aliphatic heterocycles. The van der Waals surface area contributed by atoms with Crippen molar-refractivity contribution in [2.75, 3.05) is 19.8 Å². The minimum absolute atomic E-state index is 0.0345. The van der Waals surface area contributed by atoms with Gasteiger partial charge in [-0.15, -0.1) is 0 Å². The molecule has 7 heteroatoms. The van der Waals surface area contributed by atoms with Crippen LogP contribution in [0.3, 0.4) is 0 Å². The molecule has 1 atom stereocenters. The van der Waals surface area contributed by atoms with Crippen LogP contribution in [0, 0.1) is 6.92 Å². The predicted molar refractivity (Wildman–Crippen MR) is 113 cm³/mol. The number of hydrogen-bond donors (Lipinski definition) is 0. The van der Waals surface area contributed by atoms with Crippen molar-refractivity contribution in [3.63, 3.8) is 0 Å². The van der Waals surface area contributed by atoms with Crippen LogP contribution in [0.1, 0.15) is 24.0 Å². The minimum atomic E-state index is -0.129. The average Bonchev–Trinajstić information content (AvgIpc) is 3.15.